The molecule has 0 saturated carbocycles. The average molecular weight is 176 g/mol. The smallest absolute Gasteiger partial charge is 0.297 e. The van der Waals surface area contributed by atoms with Crippen molar-refractivity contribution in [2.75, 3.05) is 4.90 Å². The van der Waals surface area contributed by atoms with Gasteiger partial charge in [0.25, 0.3) is 5.91 Å². The third-order valence-corrected chi connectivity index (χ3v) is 1.85. The number of hydrogen-bond acceptors (Lipinski definition) is 3. The maximum absolute atomic E-state index is 10.9. The summed E-state index contributed by atoms with van der Waals surface area (Å²) in [6.07, 6.45) is 0.171. The lowest BCUT2D eigenvalue weighted by molar-refractivity contribution is -0.124. The van der Waals surface area contributed by atoms with Crippen LogP contribution in [-0.2, 0) is 4.79 Å². The molecule has 66 valence electrons. The molecule has 1 heterocycles. The zero-order chi connectivity index (χ0) is 9.26. The van der Waals surface area contributed by atoms with Crippen molar-refractivity contribution in [2.24, 2.45) is 4.99 Å². The quantitative estimate of drug-likeness (QED) is 0.673. The fourth-order valence-corrected chi connectivity index (χ4v) is 1.18. The van der Waals surface area contributed by atoms with Crippen LogP contribution in [0, 0.1) is 0 Å². The first-order valence-electron chi connectivity index (χ1n) is 3.88. The van der Waals surface area contributed by atoms with E-state index in [0.717, 1.165) is 5.69 Å². The molecule has 0 fully saturated rings. The highest BCUT2D eigenvalue weighted by atomic mass is 16.3. The van der Waals surface area contributed by atoms with Crippen molar-refractivity contribution in [3.05, 3.63) is 30.3 Å². The molecule has 1 amide bonds. The Morgan fingerprint density at radius 2 is 2.00 bits per heavy atom. The summed E-state index contributed by atoms with van der Waals surface area (Å²) in [5, 5.41) is 9.36. The molecular formula is C9H8N2O2. The molecule has 0 aromatic heterocycles. The standard InChI is InChI=1S/C9H8N2O2/c12-8-9(13)11(6-10-8)7-4-2-1-3-5-7/h1-6,9,13H. The number of hydrogen-bond donors (Lipinski definition) is 1. The topological polar surface area (TPSA) is 52.9 Å². The maximum atomic E-state index is 10.9. The van der Waals surface area contributed by atoms with Crippen molar-refractivity contribution in [1.82, 2.24) is 0 Å². The molecule has 4 nitrogen and oxygen atoms in total. The van der Waals surface area contributed by atoms with E-state index in [1.165, 1.54) is 11.2 Å². The van der Waals surface area contributed by atoms with Gasteiger partial charge in [-0.05, 0) is 12.1 Å². The number of amides is 1. The molecule has 4 heteroatoms. The summed E-state index contributed by atoms with van der Waals surface area (Å²) in [5.41, 5.74) is 0.754. The predicted octanol–water partition coefficient (Wildman–Crippen LogP) is 0.380. The summed E-state index contributed by atoms with van der Waals surface area (Å²) < 4.78 is 0. The summed E-state index contributed by atoms with van der Waals surface area (Å²) in [6.45, 7) is 0. The van der Waals surface area contributed by atoms with Gasteiger partial charge in [-0.15, -0.1) is 0 Å². The van der Waals surface area contributed by atoms with Crippen LogP contribution < -0.4 is 4.90 Å². The molecule has 1 N–H and O–H groups in total. The van der Waals surface area contributed by atoms with Gasteiger partial charge in [-0.1, -0.05) is 18.2 Å². The van der Waals surface area contributed by atoms with Gasteiger partial charge in [-0.2, -0.15) is 4.99 Å². The Hall–Kier alpha value is -1.68. The van der Waals surface area contributed by atoms with Crippen molar-refractivity contribution in [2.45, 2.75) is 6.23 Å². The maximum Gasteiger partial charge on any atom is 0.297 e. The van der Waals surface area contributed by atoms with Crippen LogP contribution in [0.1, 0.15) is 0 Å². The lowest BCUT2D eigenvalue weighted by atomic mass is 10.3. The van der Waals surface area contributed by atoms with Gasteiger partial charge in [0.15, 0.2) is 0 Å². The zero-order valence-electron chi connectivity index (χ0n) is 6.79. The van der Waals surface area contributed by atoms with Gasteiger partial charge in [0.05, 0.1) is 0 Å². The average Bonchev–Trinajstić information content (AvgIpc) is 2.49. The molecule has 0 radical (unpaired) electrons. The number of carbonyl (C=O) groups excluding carboxylic acids is 1. The second-order valence-corrected chi connectivity index (χ2v) is 2.70. The second-order valence-electron chi connectivity index (χ2n) is 2.70. The summed E-state index contributed by atoms with van der Waals surface area (Å²) in [5.74, 6) is -0.524. The fourth-order valence-electron chi connectivity index (χ4n) is 1.18. The highest BCUT2D eigenvalue weighted by Crippen LogP contribution is 2.17. The Morgan fingerprint density at radius 1 is 1.31 bits per heavy atom. The van der Waals surface area contributed by atoms with Crippen LogP contribution in [-0.4, -0.2) is 23.6 Å². The lowest BCUT2D eigenvalue weighted by Gasteiger charge is -2.17. The van der Waals surface area contributed by atoms with Crippen molar-refractivity contribution in [3.63, 3.8) is 0 Å². The first kappa shape index (κ1) is 7.94. The van der Waals surface area contributed by atoms with Crippen LogP contribution in [0.3, 0.4) is 0 Å². The monoisotopic (exact) mass is 176 g/mol. The van der Waals surface area contributed by atoms with E-state index < -0.39 is 12.1 Å². The minimum Gasteiger partial charge on any atom is -0.365 e. The van der Waals surface area contributed by atoms with Gasteiger partial charge < -0.3 is 5.11 Å². The van der Waals surface area contributed by atoms with Gasteiger partial charge >= 0.3 is 0 Å². The second kappa shape index (κ2) is 2.99. The summed E-state index contributed by atoms with van der Waals surface area (Å²) in [6, 6.07) is 9.13. The van der Waals surface area contributed by atoms with Gasteiger partial charge in [0.1, 0.15) is 6.34 Å². The molecule has 1 aliphatic rings. The molecule has 1 unspecified atom stereocenters. The van der Waals surface area contributed by atoms with Crippen molar-refractivity contribution >= 4 is 17.9 Å². The molecule has 0 aliphatic carbocycles. The molecule has 1 atom stereocenters. The number of anilines is 1. The lowest BCUT2D eigenvalue weighted by Crippen LogP contribution is -2.33. The summed E-state index contributed by atoms with van der Waals surface area (Å²) in [7, 11) is 0. The molecule has 1 aromatic rings. The van der Waals surface area contributed by atoms with E-state index in [-0.39, 0.29) is 0 Å². The van der Waals surface area contributed by atoms with Crippen molar-refractivity contribution in [1.29, 1.82) is 0 Å². The number of aliphatic imine (C=N–C) groups is 1. The van der Waals surface area contributed by atoms with E-state index in [1.54, 1.807) is 12.1 Å². The Kier molecular flexibility index (Phi) is 1.83. The Morgan fingerprint density at radius 3 is 2.54 bits per heavy atom. The van der Waals surface area contributed by atoms with Crippen LogP contribution in [0.4, 0.5) is 5.69 Å². The molecule has 2 rings (SSSR count). The minimum atomic E-state index is -1.16. The third-order valence-electron chi connectivity index (χ3n) is 1.85. The van der Waals surface area contributed by atoms with E-state index in [2.05, 4.69) is 4.99 Å². The number of nitrogens with zero attached hydrogens (tertiary/aromatic N) is 2. The van der Waals surface area contributed by atoms with Crippen molar-refractivity contribution in [3.8, 4) is 0 Å². The molecule has 0 bridgehead atoms. The van der Waals surface area contributed by atoms with E-state index >= 15 is 0 Å². The fraction of sp³-hybridized carbons (Fsp3) is 0.111. The predicted molar refractivity (Wildman–Crippen MR) is 48.4 cm³/mol. The molecule has 1 aliphatic heterocycles. The number of aliphatic hydroxyl groups excluding tert-OH is 1. The molecule has 0 spiro atoms. The normalized spacial score (nSPS) is 21.2. The third kappa shape index (κ3) is 1.31. The number of para-hydroxylation sites is 1. The van der Waals surface area contributed by atoms with Crippen LogP contribution >= 0.6 is 0 Å². The van der Waals surface area contributed by atoms with Gasteiger partial charge in [-0.25, -0.2) is 0 Å². The molecule has 0 saturated heterocycles. The molecular weight excluding hydrogens is 168 g/mol. The summed E-state index contributed by atoms with van der Waals surface area (Å²) in [4.78, 5) is 15.8. The molecule has 13 heavy (non-hydrogen) atoms. The van der Waals surface area contributed by atoms with E-state index in [9.17, 15) is 9.90 Å². The number of carbonyl (C=O) groups is 1. The number of rotatable bonds is 1. The van der Waals surface area contributed by atoms with E-state index in [1.807, 2.05) is 18.2 Å². The van der Waals surface area contributed by atoms with Gasteiger partial charge in [-0.3, -0.25) is 9.69 Å². The summed E-state index contributed by atoms with van der Waals surface area (Å²) >= 11 is 0. The van der Waals surface area contributed by atoms with Crippen molar-refractivity contribution < 1.29 is 9.90 Å². The van der Waals surface area contributed by atoms with Crippen LogP contribution in [0.15, 0.2) is 35.3 Å². The number of benzene rings is 1. The number of aliphatic hydroxyl groups is 1. The first-order valence-corrected chi connectivity index (χ1v) is 3.88. The molecule has 1 aromatic carbocycles. The Labute approximate surface area is 75.1 Å². The highest BCUT2D eigenvalue weighted by molar-refractivity contribution is 6.03. The van der Waals surface area contributed by atoms with Crippen LogP contribution in [0.5, 0.6) is 0 Å². The SMILES string of the molecule is O=C1N=CN(c2ccccc2)C1O. The zero-order valence-corrected chi connectivity index (χ0v) is 6.79. The Balaban J connectivity index is 2.29. The first-order chi connectivity index (χ1) is 6.29. The van der Waals surface area contributed by atoms with E-state index in [0.29, 0.717) is 0 Å². The largest absolute Gasteiger partial charge is 0.365 e. The Bertz CT molecular complexity index is 348. The van der Waals surface area contributed by atoms with Gasteiger partial charge in [0, 0.05) is 5.69 Å². The van der Waals surface area contributed by atoms with Crippen LogP contribution in [0.2, 0.25) is 0 Å². The highest BCUT2D eigenvalue weighted by Gasteiger charge is 2.26. The van der Waals surface area contributed by atoms with E-state index in [4.69, 9.17) is 0 Å². The van der Waals surface area contributed by atoms with Gasteiger partial charge in [0.2, 0.25) is 6.23 Å². The van der Waals surface area contributed by atoms with Crippen LogP contribution in [0.25, 0.3) is 0 Å². The minimum absolute atomic E-state index is 0.524.